The predicted octanol–water partition coefficient (Wildman–Crippen LogP) is 1.16. The van der Waals surface area contributed by atoms with Crippen LogP contribution in [0.4, 0.5) is 0 Å². The summed E-state index contributed by atoms with van der Waals surface area (Å²) >= 11 is 0. The van der Waals surface area contributed by atoms with Crippen molar-refractivity contribution in [1.82, 2.24) is 0 Å². The molecule has 1 saturated carbocycles. The second-order valence-corrected chi connectivity index (χ2v) is 13.3. The fourth-order valence-corrected chi connectivity index (χ4v) is 9.49. The minimum atomic E-state index is -2.48. The molecule has 0 aromatic heterocycles. The largest absolute Gasteiger partial charge is 0.458 e. The lowest BCUT2D eigenvalue weighted by Gasteiger charge is -2.61. The predicted molar refractivity (Wildman–Crippen MR) is 130 cm³/mol. The van der Waals surface area contributed by atoms with Crippen LogP contribution in [0.2, 0.25) is 0 Å². The van der Waals surface area contributed by atoms with E-state index in [-0.39, 0.29) is 31.5 Å². The lowest BCUT2D eigenvalue weighted by Crippen LogP contribution is -2.78. The number of hydrogen-bond donors (Lipinski definition) is 2. The second-order valence-electron chi connectivity index (χ2n) is 13.3. The van der Waals surface area contributed by atoms with Crippen molar-refractivity contribution in [3.05, 3.63) is 23.8 Å². The lowest BCUT2D eigenvalue weighted by atomic mass is 9.46. The van der Waals surface area contributed by atoms with Crippen LogP contribution in [0.1, 0.15) is 53.4 Å². The highest BCUT2D eigenvalue weighted by molar-refractivity contribution is 5.99. The third kappa shape index (κ3) is 2.43. The van der Waals surface area contributed by atoms with Gasteiger partial charge in [-0.15, -0.1) is 0 Å². The molecule has 0 radical (unpaired) electrons. The second kappa shape index (κ2) is 7.08. The van der Waals surface area contributed by atoms with Crippen molar-refractivity contribution in [3.8, 4) is 0 Å². The van der Waals surface area contributed by atoms with Gasteiger partial charge >= 0.3 is 11.9 Å². The maximum Gasteiger partial charge on any atom is 0.342 e. The van der Waals surface area contributed by atoms with Crippen LogP contribution >= 0.6 is 0 Å². The SMILES string of the molecule is CO[C@H]1C=C2C=C[C@@H]3[C@H](CC[C@]4(O)C(=O)O[C@@]5(C)[C@H]6C[C@](C)([C@H](C)C(=O)O6)[C@@H]6C(=O)[C@]3(O)O[C@@]654)[C@@]2(C)C(=O)C1. The molecular formula is C29H34O10. The molecular weight excluding hydrogens is 508 g/mol. The Morgan fingerprint density at radius 3 is 2.51 bits per heavy atom. The Hall–Kier alpha value is -2.40. The zero-order valence-corrected chi connectivity index (χ0v) is 22.7. The topological polar surface area (TPSA) is 146 Å². The smallest absolute Gasteiger partial charge is 0.342 e. The van der Waals surface area contributed by atoms with Crippen LogP contribution in [0.15, 0.2) is 23.8 Å². The van der Waals surface area contributed by atoms with E-state index in [0.717, 1.165) is 0 Å². The van der Waals surface area contributed by atoms with Crippen molar-refractivity contribution in [3.63, 3.8) is 0 Å². The fourth-order valence-electron chi connectivity index (χ4n) is 9.49. The lowest BCUT2D eigenvalue weighted by molar-refractivity contribution is -0.343. The van der Waals surface area contributed by atoms with E-state index in [1.54, 1.807) is 32.9 Å². The van der Waals surface area contributed by atoms with Crippen molar-refractivity contribution >= 4 is 23.5 Å². The zero-order chi connectivity index (χ0) is 28.1. The molecule has 5 fully saturated rings. The maximum absolute atomic E-state index is 14.7. The Bertz CT molecular complexity index is 1320. The minimum absolute atomic E-state index is 0.116. The molecule has 7 aliphatic rings. The maximum atomic E-state index is 14.7. The van der Waals surface area contributed by atoms with Gasteiger partial charge in [0.15, 0.2) is 22.6 Å². The van der Waals surface area contributed by atoms with Crippen LogP contribution in [-0.4, -0.2) is 75.6 Å². The molecule has 4 heterocycles. The van der Waals surface area contributed by atoms with Gasteiger partial charge in [-0.25, -0.2) is 4.79 Å². The monoisotopic (exact) mass is 542 g/mol. The number of ether oxygens (including phenoxy) is 4. The Labute approximate surface area is 225 Å². The Morgan fingerprint density at radius 2 is 1.82 bits per heavy atom. The van der Waals surface area contributed by atoms with Gasteiger partial charge in [-0.1, -0.05) is 32.1 Å². The first-order chi connectivity index (χ1) is 18.1. The summed E-state index contributed by atoms with van der Waals surface area (Å²) in [6, 6.07) is 0. The zero-order valence-electron chi connectivity index (χ0n) is 22.7. The van der Waals surface area contributed by atoms with Gasteiger partial charge in [0.1, 0.15) is 11.9 Å². The molecule has 4 aliphatic heterocycles. The average molecular weight is 543 g/mol. The molecule has 4 bridgehead atoms. The average Bonchev–Trinajstić information content (AvgIpc) is 3.23. The highest BCUT2D eigenvalue weighted by Gasteiger charge is 2.91. The highest BCUT2D eigenvalue weighted by Crippen LogP contribution is 2.73. The van der Waals surface area contributed by atoms with Crippen molar-refractivity contribution in [2.45, 2.75) is 88.2 Å². The number of esters is 2. The fraction of sp³-hybridized carbons (Fsp3) is 0.724. The van der Waals surface area contributed by atoms with Crippen LogP contribution in [0.3, 0.4) is 0 Å². The number of hydrogen-bond acceptors (Lipinski definition) is 10. The van der Waals surface area contributed by atoms with Crippen LogP contribution < -0.4 is 0 Å². The van der Waals surface area contributed by atoms with Crippen molar-refractivity contribution < 1.29 is 48.3 Å². The van der Waals surface area contributed by atoms with Crippen molar-refractivity contribution in [2.24, 2.45) is 34.5 Å². The number of fused-ring (bicyclic) bond motifs is 9. The van der Waals surface area contributed by atoms with E-state index in [1.165, 1.54) is 14.0 Å². The minimum Gasteiger partial charge on any atom is -0.458 e. The van der Waals surface area contributed by atoms with Crippen molar-refractivity contribution in [1.29, 1.82) is 0 Å². The molecule has 10 heteroatoms. The summed E-state index contributed by atoms with van der Waals surface area (Å²) in [5, 5.41) is 24.8. The van der Waals surface area contributed by atoms with Crippen LogP contribution in [0.5, 0.6) is 0 Å². The first kappa shape index (κ1) is 25.6. The van der Waals surface area contributed by atoms with E-state index in [9.17, 15) is 29.4 Å². The van der Waals surface area contributed by atoms with E-state index in [2.05, 4.69) is 0 Å². The van der Waals surface area contributed by atoms with Gasteiger partial charge < -0.3 is 29.2 Å². The van der Waals surface area contributed by atoms with Crippen LogP contribution in [0.25, 0.3) is 0 Å². The molecule has 7 rings (SSSR count). The summed E-state index contributed by atoms with van der Waals surface area (Å²) in [7, 11) is 1.53. The number of rotatable bonds is 1. The molecule has 3 aliphatic carbocycles. The number of Topliss-reactive ketones (excluding diaryl/α,β-unsaturated/α-hetero) is 2. The van der Waals surface area contributed by atoms with E-state index in [4.69, 9.17) is 18.9 Å². The number of methoxy groups -OCH3 is 1. The molecule has 12 atom stereocenters. The molecule has 0 unspecified atom stereocenters. The van der Waals surface area contributed by atoms with Gasteiger partial charge in [0, 0.05) is 19.4 Å². The van der Waals surface area contributed by atoms with E-state index in [1.807, 2.05) is 6.08 Å². The normalized spacial score (nSPS) is 56.9. The van der Waals surface area contributed by atoms with Crippen LogP contribution in [-0.2, 0) is 38.1 Å². The standard InChI is InChI=1S/C29H34O10/c1-13-22(32)37-19-12-24(13,2)20-21(31)28(35)17-7-6-14-10-15(36-5)11-18(30)25(14,3)16(17)8-9-27(34)23(33)38-26(19,4)29(20,27)39-28/h6-7,10,13,15-17,19-20,34-35H,8-9,11-12H2,1-5H3/t13-,15+,16+,17-,19-,20+,24-,25+,26+,27+,28-,29+/m1/s1. The molecule has 0 aromatic rings. The summed E-state index contributed by atoms with van der Waals surface area (Å²) in [6.07, 6.45) is 4.24. The van der Waals surface area contributed by atoms with E-state index < -0.39 is 87.0 Å². The molecule has 4 saturated heterocycles. The molecule has 0 aromatic carbocycles. The quantitative estimate of drug-likeness (QED) is 0.463. The van der Waals surface area contributed by atoms with E-state index >= 15 is 0 Å². The van der Waals surface area contributed by atoms with Gasteiger partial charge in [-0.3, -0.25) is 14.4 Å². The summed E-state index contributed by atoms with van der Waals surface area (Å²) in [6.45, 7) is 6.72. The number of allylic oxidation sites excluding steroid dienone is 2. The number of ketones is 2. The highest BCUT2D eigenvalue weighted by atomic mass is 16.7. The van der Waals surface area contributed by atoms with Gasteiger partial charge in [-0.05, 0) is 50.0 Å². The van der Waals surface area contributed by atoms with Gasteiger partial charge in [0.2, 0.25) is 5.79 Å². The molecule has 39 heavy (non-hydrogen) atoms. The van der Waals surface area contributed by atoms with Crippen LogP contribution in [0, 0.1) is 34.5 Å². The Kier molecular flexibility index (Phi) is 4.64. The van der Waals surface area contributed by atoms with Crippen molar-refractivity contribution in [2.75, 3.05) is 7.11 Å². The molecule has 2 N–H and O–H groups in total. The summed E-state index contributed by atoms with van der Waals surface area (Å²) in [4.78, 5) is 55.0. The first-order valence-corrected chi connectivity index (χ1v) is 13.7. The van der Waals surface area contributed by atoms with Gasteiger partial charge in [0.25, 0.3) is 0 Å². The Balaban J connectivity index is 1.48. The summed E-state index contributed by atoms with van der Waals surface area (Å²) < 4.78 is 23.6. The molecule has 1 spiro atoms. The first-order valence-electron chi connectivity index (χ1n) is 13.7. The summed E-state index contributed by atoms with van der Waals surface area (Å²) in [5.74, 6) is -8.45. The number of aliphatic hydroxyl groups is 2. The third-order valence-electron chi connectivity index (χ3n) is 12.0. The molecule has 210 valence electrons. The van der Waals surface area contributed by atoms with E-state index in [0.29, 0.717) is 5.57 Å². The third-order valence-corrected chi connectivity index (χ3v) is 12.0. The van der Waals surface area contributed by atoms with Gasteiger partial charge in [0.05, 0.1) is 23.4 Å². The molecule has 0 amide bonds. The van der Waals surface area contributed by atoms with Gasteiger partial charge in [-0.2, -0.15) is 0 Å². The number of carbonyl (C=O) groups excluding carboxylic acids is 4. The Morgan fingerprint density at radius 1 is 1.10 bits per heavy atom. The number of carbonyl (C=O) groups is 4. The summed E-state index contributed by atoms with van der Waals surface area (Å²) in [5.41, 5.74) is -7.54. The molecule has 10 nitrogen and oxygen atoms in total.